The molecule has 0 aliphatic heterocycles. The Bertz CT molecular complexity index is 1230. The van der Waals surface area contributed by atoms with Gasteiger partial charge in [0.1, 0.15) is 5.75 Å². The van der Waals surface area contributed by atoms with Crippen molar-refractivity contribution in [3.05, 3.63) is 72.4 Å². The first-order valence-corrected chi connectivity index (χ1v) is 10.5. The fourth-order valence-corrected chi connectivity index (χ4v) is 4.38. The van der Waals surface area contributed by atoms with Crippen LogP contribution in [0.25, 0.3) is 22.3 Å². The van der Waals surface area contributed by atoms with Crippen molar-refractivity contribution in [2.45, 2.75) is 18.6 Å². The molecule has 0 spiro atoms. The summed E-state index contributed by atoms with van der Waals surface area (Å²) in [4.78, 5) is 16.3. The van der Waals surface area contributed by atoms with Crippen LogP contribution in [-0.4, -0.2) is 38.4 Å². The number of ether oxygens (including phenoxy) is 1. The molecule has 4 rings (SSSR count). The molecule has 0 atom stereocenters. The number of aryl methyl sites for hydroxylation is 1. The van der Waals surface area contributed by atoms with Crippen LogP contribution in [0.3, 0.4) is 0 Å². The molecule has 0 saturated carbocycles. The van der Waals surface area contributed by atoms with Crippen molar-refractivity contribution in [3.8, 4) is 17.1 Å². The molecule has 6 nitrogen and oxygen atoms in total. The van der Waals surface area contributed by atoms with Crippen LogP contribution >= 0.6 is 11.8 Å². The quantitative estimate of drug-likeness (QED) is 0.250. The van der Waals surface area contributed by atoms with Crippen molar-refractivity contribution in [1.29, 1.82) is 0 Å². The third-order valence-corrected chi connectivity index (χ3v) is 5.85. The molecule has 0 aliphatic rings. The van der Waals surface area contributed by atoms with Gasteiger partial charge in [0.05, 0.1) is 18.4 Å². The van der Waals surface area contributed by atoms with Gasteiger partial charge in [0, 0.05) is 28.7 Å². The first-order valence-electron chi connectivity index (χ1n) is 9.54. The molecule has 0 bridgehead atoms. The van der Waals surface area contributed by atoms with Gasteiger partial charge in [0.25, 0.3) is 0 Å². The summed E-state index contributed by atoms with van der Waals surface area (Å²) in [7, 11) is 1.63. The van der Waals surface area contributed by atoms with Gasteiger partial charge in [-0.15, -0.1) is 16.8 Å². The number of para-hydroxylation sites is 2. The number of carbonyl (C=O) groups is 1. The number of hydrogen-bond donors (Lipinski definition) is 1. The number of ketones is 1. The van der Waals surface area contributed by atoms with Crippen molar-refractivity contribution in [2.24, 2.45) is 0 Å². The lowest BCUT2D eigenvalue weighted by Crippen LogP contribution is -2.06. The summed E-state index contributed by atoms with van der Waals surface area (Å²) in [6, 6.07) is 15.5. The smallest absolute Gasteiger partial charge is 0.192 e. The molecule has 2 heterocycles. The van der Waals surface area contributed by atoms with E-state index in [0.29, 0.717) is 17.5 Å². The summed E-state index contributed by atoms with van der Waals surface area (Å²) in [6.07, 6.45) is 1.79. The number of methoxy groups -OCH3 is 1. The topological polar surface area (TPSA) is 72.8 Å². The zero-order valence-electron chi connectivity index (χ0n) is 16.9. The molecular formula is C23H22N4O2S. The Labute approximate surface area is 179 Å². The summed E-state index contributed by atoms with van der Waals surface area (Å²) in [5.74, 6) is 1.73. The van der Waals surface area contributed by atoms with E-state index < -0.39 is 0 Å². The molecule has 2 aromatic carbocycles. The number of nitrogens with one attached hydrogen (secondary N) is 1. The van der Waals surface area contributed by atoms with Crippen molar-refractivity contribution < 1.29 is 9.53 Å². The number of hydrogen-bond acceptors (Lipinski definition) is 5. The van der Waals surface area contributed by atoms with Gasteiger partial charge in [0.15, 0.2) is 16.8 Å². The SMILES string of the molecule is C=CCn1c(SCC(=O)c2c(C)[nH]c3ccccc23)nnc1-c1ccccc1OC. The second-order valence-electron chi connectivity index (χ2n) is 6.79. The van der Waals surface area contributed by atoms with Crippen molar-refractivity contribution in [1.82, 2.24) is 19.7 Å². The maximum absolute atomic E-state index is 13.0. The molecular weight excluding hydrogens is 396 g/mol. The van der Waals surface area contributed by atoms with Crippen molar-refractivity contribution in [2.75, 3.05) is 12.9 Å². The Hall–Kier alpha value is -3.32. The van der Waals surface area contributed by atoms with E-state index in [1.807, 2.05) is 60.0 Å². The Morgan fingerprint density at radius 1 is 1.20 bits per heavy atom. The highest BCUT2D eigenvalue weighted by atomic mass is 32.2. The normalized spacial score (nSPS) is 11.0. The number of aromatic nitrogens is 4. The zero-order valence-corrected chi connectivity index (χ0v) is 17.7. The Morgan fingerprint density at radius 3 is 2.77 bits per heavy atom. The number of carbonyl (C=O) groups excluding carboxylic acids is 1. The minimum Gasteiger partial charge on any atom is -0.496 e. The summed E-state index contributed by atoms with van der Waals surface area (Å²) >= 11 is 1.38. The second kappa shape index (κ2) is 8.59. The highest BCUT2D eigenvalue weighted by molar-refractivity contribution is 7.99. The first-order chi connectivity index (χ1) is 14.6. The van der Waals surface area contributed by atoms with E-state index in [0.717, 1.165) is 33.5 Å². The zero-order chi connectivity index (χ0) is 21.1. The van der Waals surface area contributed by atoms with Crippen LogP contribution < -0.4 is 4.74 Å². The van der Waals surface area contributed by atoms with Gasteiger partial charge in [-0.05, 0) is 25.1 Å². The standard InChI is InChI=1S/C23H22N4O2S/c1-4-13-27-22(17-10-6-8-12-20(17)29-3)25-26-23(27)30-14-19(28)21-15(2)24-18-11-7-5-9-16(18)21/h4-12,24H,1,13-14H2,2-3H3. The molecule has 0 radical (unpaired) electrons. The summed E-state index contributed by atoms with van der Waals surface area (Å²) in [5, 5.41) is 10.3. The van der Waals surface area contributed by atoms with Crippen LogP contribution in [0.15, 0.2) is 66.3 Å². The number of thioether (sulfide) groups is 1. The van der Waals surface area contributed by atoms with Crippen LogP contribution in [-0.2, 0) is 6.54 Å². The van der Waals surface area contributed by atoms with Gasteiger partial charge in [0.2, 0.25) is 0 Å². The minimum absolute atomic E-state index is 0.0574. The Kier molecular flexibility index (Phi) is 5.72. The van der Waals surface area contributed by atoms with Crippen LogP contribution in [0.2, 0.25) is 0 Å². The van der Waals surface area contributed by atoms with E-state index in [1.165, 1.54) is 11.8 Å². The van der Waals surface area contributed by atoms with Crippen LogP contribution in [0.4, 0.5) is 0 Å². The molecule has 0 saturated heterocycles. The molecule has 0 amide bonds. The maximum atomic E-state index is 13.0. The minimum atomic E-state index is 0.0574. The number of nitrogens with zero attached hydrogens (tertiary/aromatic N) is 3. The fraction of sp³-hybridized carbons (Fsp3) is 0.174. The van der Waals surface area contributed by atoms with Crippen molar-refractivity contribution >= 4 is 28.4 Å². The molecule has 0 aliphatic carbocycles. The summed E-state index contributed by atoms with van der Waals surface area (Å²) in [6.45, 7) is 6.31. The lowest BCUT2D eigenvalue weighted by atomic mass is 10.1. The van der Waals surface area contributed by atoms with E-state index in [-0.39, 0.29) is 11.5 Å². The molecule has 0 fully saturated rings. The highest BCUT2D eigenvalue weighted by Crippen LogP contribution is 2.31. The molecule has 7 heteroatoms. The number of rotatable bonds is 8. The second-order valence-corrected chi connectivity index (χ2v) is 7.73. The van der Waals surface area contributed by atoms with E-state index >= 15 is 0 Å². The van der Waals surface area contributed by atoms with Crippen LogP contribution in [0.5, 0.6) is 5.75 Å². The van der Waals surface area contributed by atoms with Gasteiger partial charge in [-0.1, -0.05) is 48.2 Å². The van der Waals surface area contributed by atoms with Crippen molar-refractivity contribution in [3.63, 3.8) is 0 Å². The molecule has 2 aromatic heterocycles. The predicted octanol–water partition coefficient (Wildman–Crippen LogP) is 4.90. The van der Waals surface area contributed by atoms with Crippen LogP contribution in [0, 0.1) is 6.92 Å². The summed E-state index contributed by atoms with van der Waals surface area (Å²) in [5.41, 5.74) is 3.43. The van der Waals surface area contributed by atoms with Gasteiger partial charge in [-0.3, -0.25) is 9.36 Å². The van der Waals surface area contributed by atoms with Crippen LogP contribution in [0.1, 0.15) is 16.1 Å². The largest absolute Gasteiger partial charge is 0.496 e. The number of fused-ring (bicyclic) bond motifs is 1. The third-order valence-electron chi connectivity index (χ3n) is 4.88. The molecule has 30 heavy (non-hydrogen) atoms. The summed E-state index contributed by atoms with van der Waals surface area (Å²) < 4.78 is 7.42. The third kappa shape index (κ3) is 3.64. The lowest BCUT2D eigenvalue weighted by Gasteiger charge is -2.10. The van der Waals surface area contributed by atoms with Gasteiger partial charge in [-0.25, -0.2) is 0 Å². The van der Waals surface area contributed by atoms with E-state index in [9.17, 15) is 4.79 Å². The number of Topliss-reactive ketones (excluding diaryl/α,β-unsaturated/α-hetero) is 1. The van der Waals surface area contributed by atoms with Gasteiger partial charge in [-0.2, -0.15) is 0 Å². The van der Waals surface area contributed by atoms with Gasteiger partial charge >= 0.3 is 0 Å². The number of H-pyrrole nitrogens is 1. The number of benzene rings is 2. The lowest BCUT2D eigenvalue weighted by molar-refractivity contribution is 0.102. The number of aromatic amines is 1. The monoisotopic (exact) mass is 418 g/mol. The fourth-order valence-electron chi connectivity index (χ4n) is 3.56. The molecule has 152 valence electrons. The van der Waals surface area contributed by atoms with E-state index in [4.69, 9.17) is 4.74 Å². The first kappa shape index (κ1) is 20.0. The Balaban J connectivity index is 1.62. The van der Waals surface area contributed by atoms with Gasteiger partial charge < -0.3 is 9.72 Å². The molecule has 0 unspecified atom stereocenters. The van der Waals surface area contributed by atoms with E-state index in [2.05, 4.69) is 21.8 Å². The number of allylic oxidation sites excluding steroid dienone is 1. The molecule has 1 N–H and O–H groups in total. The predicted molar refractivity (Wildman–Crippen MR) is 120 cm³/mol. The Morgan fingerprint density at radius 2 is 1.97 bits per heavy atom. The average molecular weight is 419 g/mol. The maximum Gasteiger partial charge on any atom is 0.192 e. The highest BCUT2D eigenvalue weighted by Gasteiger charge is 2.20. The molecule has 4 aromatic rings. The van der Waals surface area contributed by atoms with E-state index in [1.54, 1.807) is 13.2 Å². The average Bonchev–Trinajstić information content (AvgIpc) is 3.32.